The number of nitrogens with one attached hydrogen (secondary N) is 1. The van der Waals surface area contributed by atoms with Gasteiger partial charge in [-0.2, -0.15) is 9.57 Å². The number of fused-ring (bicyclic) bond motifs is 1. The van der Waals surface area contributed by atoms with Crippen molar-refractivity contribution in [3.05, 3.63) is 77.1 Å². The number of para-hydroxylation sites is 1. The molecule has 3 aliphatic rings. The second kappa shape index (κ2) is 15.0. The van der Waals surface area contributed by atoms with E-state index in [0.29, 0.717) is 36.5 Å². The van der Waals surface area contributed by atoms with Crippen molar-refractivity contribution in [3.63, 3.8) is 0 Å². The van der Waals surface area contributed by atoms with Crippen LogP contribution < -0.4 is 23.8 Å². The summed E-state index contributed by atoms with van der Waals surface area (Å²) in [5.74, 6) is -1.99. The highest BCUT2D eigenvalue weighted by Gasteiger charge is 2.59. The summed E-state index contributed by atoms with van der Waals surface area (Å²) in [5.41, 5.74) is -3.39. The lowest BCUT2D eigenvalue weighted by atomic mass is 9.82. The van der Waals surface area contributed by atoms with E-state index in [9.17, 15) is 18.5 Å². The molecule has 3 heterocycles. The van der Waals surface area contributed by atoms with Gasteiger partial charge in [0.15, 0.2) is 5.54 Å². The number of hydrogen-bond acceptors (Lipinski definition) is 12. The molecule has 0 saturated carbocycles. The Morgan fingerprint density at radius 1 is 0.981 bits per heavy atom. The molecule has 1 N–H and O–H groups in total. The van der Waals surface area contributed by atoms with Gasteiger partial charge in [-0.1, -0.05) is 18.2 Å². The molecule has 0 bridgehead atoms. The van der Waals surface area contributed by atoms with E-state index < -0.39 is 49.5 Å². The molecule has 276 valence electrons. The van der Waals surface area contributed by atoms with Crippen molar-refractivity contribution in [3.8, 4) is 23.3 Å². The van der Waals surface area contributed by atoms with E-state index in [-0.39, 0.29) is 35.0 Å². The molecule has 3 aromatic carbocycles. The Bertz CT molecular complexity index is 1990. The highest BCUT2D eigenvalue weighted by Crippen LogP contribution is 2.50. The van der Waals surface area contributed by atoms with Crippen LogP contribution in [0.2, 0.25) is 0 Å². The van der Waals surface area contributed by atoms with E-state index in [2.05, 4.69) is 22.2 Å². The molecule has 2 fully saturated rings. The fourth-order valence-corrected chi connectivity index (χ4v) is 8.74. The van der Waals surface area contributed by atoms with E-state index in [0.717, 1.165) is 38.1 Å². The molecule has 52 heavy (non-hydrogen) atoms. The molecule has 1 unspecified atom stereocenters. The number of ether oxygens (including phenoxy) is 3. The van der Waals surface area contributed by atoms with Crippen LogP contribution in [-0.2, 0) is 25.2 Å². The fourth-order valence-electron chi connectivity index (χ4n) is 7.14. The first-order chi connectivity index (χ1) is 25.0. The lowest BCUT2D eigenvalue weighted by Gasteiger charge is -2.41. The molecule has 14 nitrogen and oxygen atoms in total. The second-order valence-electron chi connectivity index (χ2n) is 12.7. The summed E-state index contributed by atoms with van der Waals surface area (Å²) < 4.78 is 61.5. The van der Waals surface area contributed by atoms with Crippen LogP contribution in [0.15, 0.2) is 59.5 Å². The van der Waals surface area contributed by atoms with Gasteiger partial charge in [0.2, 0.25) is 0 Å². The number of halogens is 1. The molecule has 3 aromatic rings. The SMILES string of the molecule is CCOc1ccccc1C1(NC(=O)ON2CCN(C3CCN(C)CC3)CC2)C(=O)N(S(=O)(=O)c2ccc(OC)cc2OC)c2cc(F)c(C#N)cc21. The summed E-state index contributed by atoms with van der Waals surface area (Å²) in [4.78, 5) is 39.1. The van der Waals surface area contributed by atoms with Crippen molar-refractivity contribution >= 4 is 27.7 Å². The minimum absolute atomic E-state index is 0.0435. The van der Waals surface area contributed by atoms with Crippen molar-refractivity contribution in [2.75, 3.05) is 71.4 Å². The highest BCUT2D eigenvalue weighted by atomic mass is 32.2. The Morgan fingerprint density at radius 2 is 1.69 bits per heavy atom. The summed E-state index contributed by atoms with van der Waals surface area (Å²) in [5, 5.41) is 14.0. The standard InChI is InChI=1S/C36H41FN6O8S/c1-5-50-31-9-7-6-8-27(31)36(39-35(45)51-42-18-16-41(17-19-42)25-12-14-40(2)15-13-25)28-20-24(23-38)29(37)22-30(28)43(34(36)44)52(46,47)33-11-10-26(48-3)21-32(33)49-4/h6-11,20-22,25H,5,12-19H2,1-4H3,(H,39,45). The maximum atomic E-state index is 15.4. The van der Waals surface area contributed by atoms with Crippen molar-refractivity contribution in [2.45, 2.75) is 36.2 Å². The third kappa shape index (κ3) is 6.60. The van der Waals surface area contributed by atoms with Gasteiger partial charge in [-0.15, -0.1) is 5.06 Å². The van der Waals surface area contributed by atoms with Crippen LogP contribution in [0.5, 0.6) is 17.2 Å². The first-order valence-electron chi connectivity index (χ1n) is 16.9. The molecule has 6 rings (SSSR count). The van der Waals surface area contributed by atoms with Gasteiger partial charge in [0, 0.05) is 55.5 Å². The minimum atomic E-state index is -4.89. The number of piperidine rings is 1. The zero-order chi connectivity index (χ0) is 37.2. The summed E-state index contributed by atoms with van der Waals surface area (Å²) in [6.45, 7) is 6.00. The molecular weight excluding hydrogens is 695 g/mol. The predicted molar refractivity (Wildman–Crippen MR) is 187 cm³/mol. The van der Waals surface area contributed by atoms with Crippen LogP contribution in [0, 0.1) is 17.1 Å². The number of nitriles is 1. The number of anilines is 1. The Hall–Kier alpha value is -4.95. The Morgan fingerprint density at radius 3 is 2.35 bits per heavy atom. The van der Waals surface area contributed by atoms with Crippen molar-refractivity contribution in [1.29, 1.82) is 5.26 Å². The van der Waals surface area contributed by atoms with Gasteiger partial charge in [0.25, 0.3) is 15.9 Å². The molecule has 3 aliphatic heterocycles. The molecule has 0 aromatic heterocycles. The van der Waals surface area contributed by atoms with Gasteiger partial charge >= 0.3 is 6.09 Å². The van der Waals surface area contributed by atoms with Crippen LogP contribution in [0.4, 0.5) is 14.9 Å². The minimum Gasteiger partial charge on any atom is -0.497 e. The first kappa shape index (κ1) is 36.8. The van der Waals surface area contributed by atoms with E-state index in [1.807, 2.05) is 0 Å². The highest BCUT2D eigenvalue weighted by molar-refractivity contribution is 7.93. The van der Waals surface area contributed by atoms with Gasteiger partial charge in [0.1, 0.15) is 34.0 Å². The number of hydroxylamine groups is 2. The first-order valence-corrected chi connectivity index (χ1v) is 18.4. The van der Waals surface area contributed by atoms with E-state index in [1.54, 1.807) is 31.2 Å². The molecule has 0 spiro atoms. The fraction of sp³-hybridized carbons (Fsp3) is 0.417. The van der Waals surface area contributed by atoms with Crippen LogP contribution in [-0.4, -0.2) is 108 Å². The van der Waals surface area contributed by atoms with Gasteiger partial charge in [-0.25, -0.2) is 17.6 Å². The summed E-state index contributed by atoms with van der Waals surface area (Å²) in [6, 6.07) is 14.2. The molecule has 2 saturated heterocycles. The number of benzene rings is 3. The lowest BCUT2D eigenvalue weighted by Crippen LogP contribution is -2.57. The van der Waals surface area contributed by atoms with Crippen molar-refractivity contribution in [2.24, 2.45) is 0 Å². The van der Waals surface area contributed by atoms with E-state index in [1.165, 1.54) is 43.5 Å². The van der Waals surface area contributed by atoms with Gasteiger partial charge in [0.05, 0.1) is 32.1 Å². The maximum Gasteiger partial charge on any atom is 0.427 e. The van der Waals surface area contributed by atoms with Crippen molar-refractivity contribution in [1.82, 2.24) is 20.2 Å². The van der Waals surface area contributed by atoms with Crippen LogP contribution in [0.1, 0.15) is 36.5 Å². The third-order valence-corrected chi connectivity index (χ3v) is 11.5. The van der Waals surface area contributed by atoms with Gasteiger partial charge in [-0.3, -0.25) is 15.0 Å². The molecule has 0 aliphatic carbocycles. The van der Waals surface area contributed by atoms with E-state index in [4.69, 9.17) is 19.0 Å². The third-order valence-electron chi connectivity index (χ3n) is 9.79. The number of piperazine rings is 1. The number of carbonyl (C=O) groups is 2. The van der Waals surface area contributed by atoms with Crippen LogP contribution in [0.25, 0.3) is 0 Å². The molecular formula is C36H41FN6O8S. The van der Waals surface area contributed by atoms with Gasteiger partial charge < -0.3 is 23.9 Å². The Kier molecular flexibility index (Phi) is 10.6. The molecule has 0 radical (unpaired) electrons. The summed E-state index contributed by atoms with van der Waals surface area (Å²) >= 11 is 0. The zero-order valence-electron chi connectivity index (χ0n) is 29.4. The van der Waals surface area contributed by atoms with Gasteiger partial charge in [-0.05, 0) is 64.2 Å². The smallest absolute Gasteiger partial charge is 0.427 e. The number of rotatable bonds is 10. The molecule has 2 amide bonds. The average Bonchev–Trinajstić information content (AvgIpc) is 3.38. The predicted octanol–water partition coefficient (Wildman–Crippen LogP) is 3.45. The lowest BCUT2D eigenvalue weighted by molar-refractivity contribution is -0.133. The largest absolute Gasteiger partial charge is 0.497 e. The Labute approximate surface area is 302 Å². The number of likely N-dealkylation sites (tertiary alicyclic amines) is 1. The van der Waals surface area contributed by atoms with E-state index >= 15 is 9.18 Å². The monoisotopic (exact) mass is 736 g/mol. The Balaban J connectivity index is 1.43. The van der Waals surface area contributed by atoms with Crippen LogP contribution in [0.3, 0.4) is 0 Å². The van der Waals surface area contributed by atoms with Crippen LogP contribution >= 0.6 is 0 Å². The second-order valence-corrected chi connectivity index (χ2v) is 14.5. The molecule has 16 heteroatoms. The number of nitrogens with zero attached hydrogens (tertiary/aromatic N) is 5. The zero-order valence-corrected chi connectivity index (χ0v) is 30.2. The number of sulfonamides is 1. The number of methoxy groups -OCH3 is 2. The maximum absolute atomic E-state index is 15.4. The molecule has 1 atom stereocenters. The quantitative estimate of drug-likeness (QED) is 0.325. The van der Waals surface area contributed by atoms with Crippen molar-refractivity contribution < 1.29 is 41.4 Å². The topological polar surface area (TPSA) is 154 Å². The normalized spacial score (nSPS) is 20.2. The summed E-state index contributed by atoms with van der Waals surface area (Å²) in [7, 11) is -0.142. The number of hydrogen-bond donors (Lipinski definition) is 1. The average molecular weight is 737 g/mol. The number of carbonyl (C=O) groups excluding carboxylic acids is 2. The number of amides is 2. The summed E-state index contributed by atoms with van der Waals surface area (Å²) in [6.07, 6.45) is 1.03.